The Kier molecular flexibility index (Phi) is 8.04. The minimum Gasteiger partial charge on any atom is -0.476 e. The molecule has 2 aromatic heterocycles. The number of benzene rings is 3. The zero-order chi connectivity index (χ0) is 30.2. The molecule has 11 heteroatoms. The van der Waals surface area contributed by atoms with E-state index in [9.17, 15) is 18.5 Å². The number of nitrogens with two attached hydrogens (primary N) is 1. The van der Waals surface area contributed by atoms with Crippen molar-refractivity contribution in [3.8, 4) is 16.4 Å². The van der Waals surface area contributed by atoms with Crippen LogP contribution in [0.3, 0.4) is 0 Å². The van der Waals surface area contributed by atoms with Gasteiger partial charge in [-0.2, -0.15) is 5.10 Å². The SMILES string of the molecule is CC(c1ccccc1)c1cc(-c2nn(-c3nc(C(=O)O)cs3)c(CC3CC3)c2Cc2ccc([SH+](N)=O)c(F)c2)ccc1F. The molecular weight excluding hydrogens is 591 g/mol. The zero-order valence-corrected chi connectivity index (χ0v) is 24.9. The average Bonchev–Trinajstić information content (AvgIpc) is 3.55. The van der Waals surface area contributed by atoms with Crippen LogP contribution in [0.25, 0.3) is 16.4 Å². The molecule has 5 aromatic rings. The Balaban J connectivity index is 1.52. The van der Waals surface area contributed by atoms with Crippen molar-refractivity contribution in [2.45, 2.75) is 43.4 Å². The highest BCUT2D eigenvalue weighted by Gasteiger charge is 2.30. The summed E-state index contributed by atoms with van der Waals surface area (Å²) in [6.45, 7) is 1.95. The number of hydrogen-bond acceptors (Lipinski definition) is 5. The molecule has 0 saturated heterocycles. The van der Waals surface area contributed by atoms with Crippen LogP contribution in [0.15, 0.2) is 77.0 Å². The molecule has 2 atom stereocenters. The zero-order valence-electron chi connectivity index (χ0n) is 23.2. The standard InChI is InChI=1S/C32H28F2N4O3S2/c1-18(21-5-3-2-4-6-21)23-16-22(10-11-25(23)33)30-24(13-20-9-12-29(43(35)41)26(34)14-20)28(15-19-7-8-19)38(37-30)32-36-27(17-42-32)31(39)40/h2-6,9-12,14,16-19H,7-8,13,15H2,1H3,(H2,35,41)(H,39,40)/p+1. The summed E-state index contributed by atoms with van der Waals surface area (Å²) in [6.07, 6.45) is 3.07. The Morgan fingerprint density at radius 1 is 1.12 bits per heavy atom. The highest BCUT2D eigenvalue weighted by Crippen LogP contribution is 2.39. The fourth-order valence-corrected chi connectivity index (χ4v) is 6.58. The lowest BCUT2D eigenvalue weighted by Crippen LogP contribution is -2.07. The number of halogens is 2. The molecule has 3 aromatic carbocycles. The van der Waals surface area contributed by atoms with Crippen LogP contribution in [-0.2, 0) is 28.0 Å². The predicted molar refractivity (Wildman–Crippen MR) is 163 cm³/mol. The van der Waals surface area contributed by atoms with Gasteiger partial charge in [0.25, 0.3) is 0 Å². The highest BCUT2D eigenvalue weighted by molar-refractivity contribution is 7.82. The third-order valence-electron chi connectivity index (χ3n) is 7.83. The van der Waals surface area contributed by atoms with E-state index in [4.69, 9.17) is 10.2 Å². The first-order valence-electron chi connectivity index (χ1n) is 13.8. The number of aromatic nitrogens is 3. The Hall–Kier alpha value is -4.06. The van der Waals surface area contributed by atoms with E-state index in [1.54, 1.807) is 22.9 Å². The molecule has 0 aliphatic heterocycles. The summed E-state index contributed by atoms with van der Waals surface area (Å²) in [7, 11) is -2.33. The quantitative estimate of drug-likeness (QED) is 0.135. The number of carbonyl (C=O) groups is 1. The molecule has 6 rings (SSSR count). The van der Waals surface area contributed by atoms with Gasteiger partial charge in [-0.3, -0.25) is 0 Å². The molecule has 1 fully saturated rings. The summed E-state index contributed by atoms with van der Waals surface area (Å²) >= 11 is 1.17. The molecule has 43 heavy (non-hydrogen) atoms. The van der Waals surface area contributed by atoms with Gasteiger partial charge < -0.3 is 5.11 Å². The van der Waals surface area contributed by atoms with Crippen LogP contribution in [-0.4, -0.2) is 25.8 Å². The third kappa shape index (κ3) is 6.06. The van der Waals surface area contributed by atoms with Crippen molar-refractivity contribution in [1.29, 1.82) is 0 Å². The van der Waals surface area contributed by atoms with Gasteiger partial charge >= 0.3 is 5.97 Å². The Morgan fingerprint density at radius 3 is 2.53 bits per heavy atom. The fraction of sp³-hybridized carbons (Fsp3) is 0.219. The van der Waals surface area contributed by atoms with Gasteiger partial charge in [0.1, 0.15) is 5.82 Å². The van der Waals surface area contributed by atoms with Gasteiger partial charge in [0.15, 0.2) is 22.5 Å². The van der Waals surface area contributed by atoms with Crippen LogP contribution in [0.2, 0.25) is 0 Å². The van der Waals surface area contributed by atoms with Crippen LogP contribution >= 0.6 is 11.3 Å². The van der Waals surface area contributed by atoms with E-state index >= 15 is 4.39 Å². The lowest BCUT2D eigenvalue weighted by atomic mass is 9.90. The Morgan fingerprint density at radius 2 is 1.88 bits per heavy atom. The fourth-order valence-electron chi connectivity index (χ4n) is 5.31. The van der Waals surface area contributed by atoms with E-state index in [-0.39, 0.29) is 28.7 Å². The second-order valence-corrected chi connectivity index (χ2v) is 12.8. The number of carboxylic acid groups (broad SMARTS) is 1. The molecule has 1 aliphatic rings. The molecule has 7 nitrogen and oxygen atoms in total. The van der Waals surface area contributed by atoms with E-state index in [1.165, 1.54) is 34.9 Å². The van der Waals surface area contributed by atoms with Gasteiger partial charge in [-0.1, -0.05) is 47.5 Å². The highest BCUT2D eigenvalue weighted by atomic mass is 32.2. The normalized spacial score (nSPS) is 14.5. The number of nitrogens with zero attached hydrogens (tertiary/aromatic N) is 3. The van der Waals surface area contributed by atoms with Crippen LogP contribution in [0.4, 0.5) is 8.78 Å². The number of rotatable bonds is 10. The molecule has 1 aliphatic carbocycles. The van der Waals surface area contributed by atoms with Gasteiger partial charge in [0.2, 0.25) is 10.0 Å². The molecule has 3 N–H and O–H groups in total. The number of thiol groups is 1. The largest absolute Gasteiger partial charge is 0.476 e. The van der Waals surface area contributed by atoms with E-state index in [0.717, 1.165) is 29.7 Å². The van der Waals surface area contributed by atoms with Crippen molar-refractivity contribution >= 4 is 28.3 Å². The lowest BCUT2D eigenvalue weighted by Gasteiger charge is -2.15. The van der Waals surface area contributed by atoms with Gasteiger partial charge in [-0.25, -0.2) is 23.2 Å². The first-order chi connectivity index (χ1) is 20.7. The first kappa shape index (κ1) is 29.0. The summed E-state index contributed by atoms with van der Waals surface area (Å²) in [5, 5.41) is 21.8. The maximum absolute atomic E-state index is 15.3. The van der Waals surface area contributed by atoms with Crippen LogP contribution in [0.5, 0.6) is 0 Å². The molecule has 2 heterocycles. The molecule has 0 bridgehead atoms. The van der Waals surface area contributed by atoms with Crippen LogP contribution in [0.1, 0.15) is 64.1 Å². The number of hydrogen-bond donors (Lipinski definition) is 2. The summed E-state index contributed by atoms with van der Waals surface area (Å²) < 4.78 is 43.6. The van der Waals surface area contributed by atoms with Crippen molar-refractivity contribution in [3.05, 3.63) is 117 Å². The molecule has 0 spiro atoms. The van der Waals surface area contributed by atoms with Crippen LogP contribution in [0, 0.1) is 17.6 Å². The molecule has 0 radical (unpaired) electrons. The summed E-state index contributed by atoms with van der Waals surface area (Å²) in [5.41, 5.74) is 4.95. The van der Waals surface area contributed by atoms with Crippen LogP contribution < -0.4 is 5.14 Å². The van der Waals surface area contributed by atoms with Gasteiger partial charge in [0.05, 0.1) is 11.4 Å². The second-order valence-electron chi connectivity index (χ2n) is 10.8. The maximum atomic E-state index is 15.3. The average molecular weight is 620 g/mol. The third-order valence-corrected chi connectivity index (χ3v) is 9.48. The molecule has 1 saturated carbocycles. The van der Waals surface area contributed by atoms with Crippen molar-refractivity contribution in [3.63, 3.8) is 0 Å². The number of thiazole rings is 1. The first-order valence-corrected chi connectivity index (χ1v) is 16.1. The Bertz CT molecular complexity index is 1850. The van der Waals surface area contributed by atoms with Crippen molar-refractivity contribution < 1.29 is 22.9 Å². The molecule has 2 unspecified atom stereocenters. The van der Waals surface area contributed by atoms with E-state index in [1.807, 2.05) is 37.3 Å². The topological polar surface area (TPSA) is 111 Å². The monoisotopic (exact) mass is 619 g/mol. The summed E-state index contributed by atoms with van der Waals surface area (Å²) in [6, 6.07) is 19.1. The van der Waals surface area contributed by atoms with Gasteiger partial charge in [-0.05, 0) is 72.2 Å². The predicted octanol–water partition coefficient (Wildman–Crippen LogP) is 6.60. The molecule has 0 amide bonds. The van der Waals surface area contributed by atoms with Crippen molar-refractivity contribution in [2.24, 2.45) is 11.1 Å². The van der Waals surface area contributed by atoms with Gasteiger partial charge in [-0.15, -0.1) is 16.5 Å². The molecule has 220 valence electrons. The minimum atomic E-state index is -2.33. The van der Waals surface area contributed by atoms with E-state index in [2.05, 4.69) is 4.98 Å². The molecular formula is C32H29F2N4O3S2+. The minimum absolute atomic E-state index is 0.0464. The maximum Gasteiger partial charge on any atom is 0.355 e. The summed E-state index contributed by atoms with van der Waals surface area (Å²) in [4.78, 5) is 15.9. The van der Waals surface area contributed by atoms with E-state index < -0.39 is 22.8 Å². The van der Waals surface area contributed by atoms with E-state index in [0.29, 0.717) is 39.9 Å². The van der Waals surface area contributed by atoms with Crippen molar-refractivity contribution in [2.75, 3.05) is 0 Å². The second kappa shape index (κ2) is 11.9. The Labute approximate surface area is 253 Å². The smallest absolute Gasteiger partial charge is 0.355 e. The lowest BCUT2D eigenvalue weighted by molar-refractivity contribution is 0.0691. The number of carboxylic acids is 1. The van der Waals surface area contributed by atoms with Crippen molar-refractivity contribution in [1.82, 2.24) is 14.8 Å². The summed E-state index contributed by atoms with van der Waals surface area (Å²) in [5.74, 6) is -1.91. The number of aromatic carboxylic acids is 1. The van der Waals surface area contributed by atoms with Gasteiger partial charge in [0, 0.05) is 28.8 Å².